The second kappa shape index (κ2) is 8.09. The zero-order chi connectivity index (χ0) is 19.8. The first-order valence-electron chi connectivity index (χ1n) is 8.48. The number of sulfonamides is 1. The van der Waals surface area contributed by atoms with E-state index in [2.05, 4.69) is 4.72 Å². The van der Waals surface area contributed by atoms with Crippen molar-refractivity contribution in [3.8, 4) is 0 Å². The van der Waals surface area contributed by atoms with Crippen LogP contribution in [0.25, 0.3) is 0 Å². The number of aryl methyl sites for hydroxylation is 1. The van der Waals surface area contributed by atoms with Gasteiger partial charge in [-0.25, -0.2) is 13.1 Å². The molecule has 1 aromatic carbocycles. The number of hydrogen-bond donors (Lipinski definition) is 1. The van der Waals surface area contributed by atoms with E-state index in [4.69, 9.17) is 23.2 Å². The molecule has 0 radical (unpaired) electrons. The lowest BCUT2D eigenvalue weighted by Gasteiger charge is -2.27. The molecular formula is C18H20Cl2N2O3S2. The molecule has 1 aromatic heterocycles. The van der Waals surface area contributed by atoms with Gasteiger partial charge in [0.25, 0.3) is 0 Å². The van der Waals surface area contributed by atoms with Gasteiger partial charge in [0.05, 0.1) is 5.02 Å². The van der Waals surface area contributed by atoms with Crippen LogP contribution in [-0.2, 0) is 27.8 Å². The van der Waals surface area contributed by atoms with Gasteiger partial charge in [-0.15, -0.1) is 11.3 Å². The average Bonchev–Trinajstić information content (AvgIpc) is 3.07. The molecule has 0 atom stereocenters. The molecule has 27 heavy (non-hydrogen) atoms. The van der Waals surface area contributed by atoms with Crippen LogP contribution < -0.4 is 4.72 Å². The third-order valence-corrected chi connectivity index (χ3v) is 8.29. The summed E-state index contributed by atoms with van der Waals surface area (Å²) in [6.07, 6.45) is 0.940. The Hall–Kier alpha value is -1.12. The largest absolute Gasteiger partial charge is 0.338 e. The first-order valence-corrected chi connectivity index (χ1v) is 11.6. The first-order chi connectivity index (χ1) is 12.7. The lowest BCUT2D eigenvalue weighted by molar-refractivity contribution is -0.131. The number of nitrogens with zero attached hydrogens (tertiary/aromatic N) is 1. The summed E-state index contributed by atoms with van der Waals surface area (Å²) in [5.41, 5.74) is 2.16. The Morgan fingerprint density at radius 2 is 2.07 bits per heavy atom. The number of amides is 1. The van der Waals surface area contributed by atoms with Crippen LogP contribution in [0.3, 0.4) is 0 Å². The van der Waals surface area contributed by atoms with Crippen LogP contribution in [0, 0.1) is 13.8 Å². The highest BCUT2D eigenvalue weighted by molar-refractivity contribution is 7.89. The molecule has 1 aliphatic heterocycles. The van der Waals surface area contributed by atoms with Crippen molar-refractivity contribution >= 4 is 50.5 Å². The van der Waals surface area contributed by atoms with Crippen LogP contribution in [0.1, 0.15) is 28.0 Å². The van der Waals surface area contributed by atoms with E-state index in [1.807, 2.05) is 11.4 Å². The van der Waals surface area contributed by atoms with Crippen LogP contribution >= 0.6 is 34.5 Å². The van der Waals surface area contributed by atoms with Crippen LogP contribution in [-0.4, -0.2) is 32.3 Å². The van der Waals surface area contributed by atoms with E-state index in [1.54, 1.807) is 36.2 Å². The number of benzene rings is 1. The Labute approximate surface area is 173 Å². The van der Waals surface area contributed by atoms with Crippen molar-refractivity contribution in [2.24, 2.45) is 0 Å². The Kier molecular flexibility index (Phi) is 6.17. The minimum absolute atomic E-state index is 0.00942. The van der Waals surface area contributed by atoms with Gasteiger partial charge in [0.1, 0.15) is 4.90 Å². The maximum atomic E-state index is 12.7. The highest BCUT2D eigenvalue weighted by Gasteiger charge is 2.25. The second-order valence-corrected chi connectivity index (χ2v) is 10.0. The SMILES string of the molecule is Cc1cc(Cl)c(C)c(S(=O)(=O)NCCC(=O)N2CCc3sccc3C2)c1Cl. The van der Waals surface area contributed by atoms with Gasteiger partial charge in [-0.3, -0.25) is 4.79 Å². The number of nitrogens with one attached hydrogen (secondary N) is 1. The van der Waals surface area contributed by atoms with Crippen LogP contribution in [0.15, 0.2) is 22.4 Å². The summed E-state index contributed by atoms with van der Waals surface area (Å²) >= 11 is 14.0. The summed E-state index contributed by atoms with van der Waals surface area (Å²) in [7, 11) is -3.87. The average molecular weight is 447 g/mol. The summed E-state index contributed by atoms with van der Waals surface area (Å²) in [5, 5.41) is 2.52. The van der Waals surface area contributed by atoms with Gasteiger partial charge in [0, 0.05) is 36.0 Å². The van der Waals surface area contributed by atoms with Crippen molar-refractivity contribution in [1.29, 1.82) is 0 Å². The van der Waals surface area contributed by atoms with Crippen molar-refractivity contribution in [2.45, 2.75) is 38.1 Å². The third kappa shape index (κ3) is 4.32. The molecule has 2 heterocycles. The maximum absolute atomic E-state index is 12.7. The summed E-state index contributed by atoms with van der Waals surface area (Å²) in [6, 6.07) is 3.67. The first kappa shape index (κ1) is 20.6. The predicted octanol–water partition coefficient (Wildman–Crippen LogP) is 3.93. The molecule has 5 nitrogen and oxygen atoms in total. The third-order valence-electron chi connectivity index (χ3n) is 4.65. The van der Waals surface area contributed by atoms with Crippen molar-refractivity contribution in [2.75, 3.05) is 13.1 Å². The Morgan fingerprint density at radius 1 is 1.33 bits per heavy atom. The molecule has 3 rings (SSSR count). The molecule has 0 spiro atoms. The summed E-state index contributed by atoms with van der Waals surface area (Å²) in [5.74, 6) is -0.0698. The smallest absolute Gasteiger partial charge is 0.242 e. The van der Waals surface area contributed by atoms with Crippen LogP contribution in [0.5, 0.6) is 0 Å². The van der Waals surface area contributed by atoms with E-state index in [9.17, 15) is 13.2 Å². The zero-order valence-corrected chi connectivity index (χ0v) is 18.2. The quantitative estimate of drug-likeness (QED) is 0.756. The fourth-order valence-corrected chi connectivity index (χ4v) is 6.25. The molecule has 1 aliphatic rings. The van der Waals surface area contributed by atoms with Gasteiger partial charge in [0.15, 0.2) is 0 Å². The van der Waals surface area contributed by atoms with E-state index in [0.717, 1.165) is 6.42 Å². The topological polar surface area (TPSA) is 66.5 Å². The minimum atomic E-state index is -3.87. The number of halogens is 2. The normalized spacial score (nSPS) is 14.3. The fourth-order valence-electron chi connectivity index (χ4n) is 3.12. The number of hydrogen-bond acceptors (Lipinski definition) is 4. The molecule has 0 aliphatic carbocycles. The molecule has 9 heteroatoms. The van der Waals surface area contributed by atoms with Gasteiger partial charge < -0.3 is 4.90 Å². The van der Waals surface area contributed by atoms with E-state index in [0.29, 0.717) is 29.2 Å². The van der Waals surface area contributed by atoms with Gasteiger partial charge in [-0.05, 0) is 54.5 Å². The number of carbonyl (C=O) groups excluding carboxylic acids is 1. The monoisotopic (exact) mass is 446 g/mol. The minimum Gasteiger partial charge on any atom is -0.338 e. The standard InChI is InChI=1S/C18H20Cl2N2O3S2/c1-11-9-14(19)12(2)18(17(11)20)27(24,25)21-6-3-16(23)22-7-4-15-13(10-22)5-8-26-15/h5,8-9,21H,3-4,6-7,10H2,1-2H3. The Balaban J connectivity index is 1.64. The van der Waals surface area contributed by atoms with Crippen molar-refractivity contribution in [3.05, 3.63) is 49.1 Å². The Morgan fingerprint density at radius 3 is 2.81 bits per heavy atom. The van der Waals surface area contributed by atoms with E-state index in [1.165, 1.54) is 10.4 Å². The molecule has 2 aromatic rings. The lowest BCUT2D eigenvalue weighted by Crippen LogP contribution is -2.37. The lowest BCUT2D eigenvalue weighted by atomic mass is 10.1. The van der Waals surface area contributed by atoms with Gasteiger partial charge in [0.2, 0.25) is 15.9 Å². The number of rotatable bonds is 5. The van der Waals surface area contributed by atoms with Gasteiger partial charge >= 0.3 is 0 Å². The van der Waals surface area contributed by atoms with Crippen molar-refractivity contribution in [1.82, 2.24) is 9.62 Å². The second-order valence-electron chi connectivity index (χ2n) is 6.53. The molecule has 0 saturated heterocycles. The molecule has 1 amide bonds. The molecule has 1 N–H and O–H groups in total. The molecular weight excluding hydrogens is 427 g/mol. The Bertz CT molecular complexity index is 960. The number of fused-ring (bicyclic) bond motifs is 1. The summed E-state index contributed by atoms with van der Waals surface area (Å²) in [4.78, 5) is 15.5. The van der Waals surface area contributed by atoms with E-state index < -0.39 is 10.0 Å². The highest BCUT2D eigenvalue weighted by Crippen LogP contribution is 2.33. The van der Waals surface area contributed by atoms with Gasteiger partial charge in [-0.2, -0.15) is 0 Å². The molecule has 0 bridgehead atoms. The van der Waals surface area contributed by atoms with Crippen LogP contribution in [0.2, 0.25) is 10.0 Å². The van der Waals surface area contributed by atoms with Crippen LogP contribution in [0.4, 0.5) is 0 Å². The maximum Gasteiger partial charge on any atom is 0.242 e. The number of carbonyl (C=O) groups is 1. The van der Waals surface area contributed by atoms with E-state index >= 15 is 0 Å². The molecule has 0 unspecified atom stereocenters. The van der Waals surface area contributed by atoms with Gasteiger partial charge in [-0.1, -0.05) is 23.2 Å². The number of thiophene rings is 1. The highest BCUT2D eigenvalue weighted by atomic mass is 35.5. The molecule has 0 fully saturated rings. The van der Waals surface area contributed by atoms with Crippen molar-refractivity contribution < 1.29 is 13.2 Å². The predicted molar refractivity (Wildman–Crippen MR) is 109 cm³/mol. The molecule has 0 saturated carbocycles. The molecule has 146 valence electrons. The summed E-state index contributed by atoms with van der Waals surface area (Å²) < 4.78 is 27.9. The van der Waals surface area contributed by atoms with Crippen molar-refractivity contribution in [3.63, 3.8) is 0 Å². The summed E-state index contributed by atoms with van der Waals surface area (Å²) in [6.45, 7) is 4.57. The zero-order valence-electron chi connectivity index (χ0n) is 15.0. The fraction of sp³-hybridized carbons (Fsp3) is 0.389. The van der Waals surface area contributed by atoms with E-state index in [-0.39, 0.29) is 28.8 Å².